The van der Waals surface area contributed by atoms with E-state index in [4.69, 9.17) is 15.0 Å². The van der Waals surface area contributed by atoms with E-state index in [1.807, 2.05) is 36.4 Å². The average molecular weight is 764 g/mol. The number of fused-ring (bicyclic) bond motifs is 7. The van der Waals surface area contributed by atoms with Gasteiger partial charge in [0.1, 0.15) is 0 Å². The van der Waals surface area contributed by atoms with Crippen LogP contribution in [0.1, 0.15) is 52.7 Å². The fourth-order valence-corrected chi connectivity index (χ4v) is 9.87. The molecule has 5 heteroatoms. The summed E-state index contributed by atoms with van der Waals surface area (Å²) in [7, 11) is 0. The highest BCUT2D eigenvalue weighted by Gasteiger charge is 2.57. The quantitative estimate of drug-likeness (QED) is 0.175. The summed E-state index contributed by atoms with van der Waals surface area (Å²) >= 11 is 0. The fraction of sp³-hybridized carbons (Fsp3) is 0.167. The molecule has 59 heavy (non-hydrogen) atoms. The van der Waals surface area contributed by atoms with Crippen molar-refractivity contribution in [2.24, 2.45) is 5.41 Å². The van der Waals surface area contributed by atoms with Gasteiger partial charge in [-0.2, -0.15) is 0 Å². The van der Waals surface area contributed by atoms with Crippen molar-refractivity contribution in [2.75, 3.05) is 0 Å². The minimum absolute atomic E-state index is 0.0314. The molecule has 0 aliphatic heterocycles. The number of benzene rings is 7. The van der Waals surface area contributed by atoms with Crippen molar-refractivity contribution in [1.29, 1.82) is 0 Å². The summed E-state index contributed by atoms with van der Waals surface area (Å²) in [5.74, 6) is 1.93. The molecule has 0 bridgehead atoms. The number of para-hydroxylation sites is 2. The predicted octanol–water partition coefficient (Wildman–Crippen LogP) is 13.7. The molecule has 0 atom stereocenters. The predicted molar refractivity (Wildman–Crippen MR) is 245 cm³/mol. The van der Waals surface area contributed by atoms with Gasteiger partial charge >= 0.3 is 0 Å². The maximum atomic E-state index is 5.12. The van der Waals surface area contributed by atoms with E-state index in [-0.39, 0.29) is 16.2 Å². The smallest absolute Gasteiger partial charge is 0.164 e. The van der Waals surface area contributed by atoms with Gasteiger partial charge in [-0.1, -0.05) is 151 Å². The van der Waals surface area contributed by atoms with Crippen LogP contribution in [0.3, 0.4) is 0 Å². The normalized spacial score (nSPS) is 15.4. The zero-order valence-electron chi connectivity index (χ0n) is 34.3. The highest BCUT2D eigenvalue weighted by molar-refractivity contribution is 6.19. The lowest BCUT2D eigenvalue weighted by Gasteiger charge is -2.44. The first-order valence-electron chi connectivity index (χ1n) is 20.6. The number of nitrogens with zero attached hydrogens (tertiary/aromatic N) is 5. The number of rotatable bonds is 5. The van der Waals surface area contributed by atoms with E-state index in [0.29, 0.717) is 17.5 Å². The standard InChI is InChI=1S/C54H45N5/c1-52(2)43-31-42-41-30-40-39-27-16-17-28-45(39)58(37-24-14-9-15-25-37)47(40)33-48(41)59(46(42)32-44(43)53(3,4)54(52,5)6)38-26-18-23-36(29-38)51-56-49(34-19-10-7-11-20-34)55-50(57-51)35-21-12-8-13-22-35/h7-33H,1-6H3. The Morgan fingerprint density at radius 3 is 1.41 bits per heavy atom. The van der Waals surface area contributed by atoms with E-state index < -0.39 is 0 Å². The van der Waals surface area contributed by atoms with Gasteiger partial charge in [0, 0.05) is 49.6 Å². The van der Waals surface area contributed by atoms with Gasteiger partial charge in [0.2, 0.25) is 0 Å². The van der Waals surface area contributed by atoms with Crippen molar-refractivity contribution in [3.63, 3.8) is 0 Å². The second-order valence-electron chi connectivity index (χ2n) is 17.8. The molecule has 0 radical (unpaired) electrons. The topological polar surface area (TPSA) is 48.5 Å². The number of hydrogen-bond acceptors (Lipinski definition) is 3. The van der Waals surface area contributed by atoms with Crippen molar-refractivity contribution >= 4 is 43.6 Å². The first kappa shape index (κ1) is 35.3. The van der Waals surface area contributed by atoms with E-state index in [1.165, 1.54) is 49.2 Å². The Kier molecular flexibility index (Phi) is 7.53. The van der Waals surface area contributed by atoms with Gasteiger partial charge in [-0.05, 0) is 82.0 Å². The van der Waals surface area contributed by atoms with Crippen molar-refractivity contribution in [1.82, 2.24) is 24.1 Å². The van der Waals surface area contributed by atoms with Crippen molar-refractivity contribution in [3.05, 3.63) is 175 Å². The average Bonchev–Trinajstić information content (AvgIpc) is 3.80. The SMILES string of the molecule is CC1(C)c2cc3c4cc5c6ccccc6n(-c6ccccc6)c5cc4n(-c4cccc(-c5nc(-c6ccccc6)nc(-c6ccccc6)n5)c4)c3cc2C(C)(C)C1(C)C. The zero-order valence-corrected chi connectivity index (χ0v) is 34.3. The molecule has 11 rings (SSSR count). The second kappa shape index (κ2) is 12.6. The molecule has 5 nitrogen and oxygen atoms in total. The molecule has 0 unspecified atom stereocenters. The van der Waals surface area contributed by atoms with Crippen LogP contribution in [0.25, 0.3) is 89.2 Å². The summed E-state index contributed by atoms with van der Waals surface area (Å²) in [6.45, 7) is 14.6. The third-order valence-corrected chi connectivity index (χ3v) is 14.2. The zero-order chi connectivity index (χ0) is 40.3. The minimum Gasteiger partial charge on any atom is -0.309 e. The molecule has 286 valence electrons. The molecular weight excluding hydrogens is 719 g/mol. The van der Waals surface area contributed by atoms with Crippen LogP contribution in [0.2, 0.25) is 0 Å². The van der Waals surface area contributed by atoms with Gasteiger partial charge in [-0.25, -0.2) is 15.0 Å². The molecule has 0 saturated carbocycles. The van der Waals surface area contributed by atoms with E-state index >= 15 is 0 Å². The van der Waals surface area contributed by atoms with Crippen LogP contribution in [0.5, 0.6) is 0 Å². The minimum atomic E-state index is -0.0550. The summed E-state index contributed by atoms with van der Waals surface area (Å²) in [4.78, 5) is 15.2. The third-order valence-electron chi connectivity index (χ3n) is 14.2. The summed E-state index contributed by atoms with van der Waals surface area (Å²) in [5.41, 5.74) is 12.6. The maximum absolute atomic E-state index is 5.12. The van der Waals surface area contributed by atoms with Gasteiger partial charge in [-0.3, -0.25) is 0 Å². The summed E-state index contributed by atoms with van der Waals surface area (Å²) in [6.07, 6.45) is 0. The lowest BCUT2D eigenvalue weighted by Crippen LogP contribution is -2.42. The molecule has 0 N–H and O–H groups in total. The fourth-order valence-electron chi connectivity index (χ4n) is 9.87. The molecular formula is C54H45N5. The van der Waals surface area contributed by atoms with Crippen LogP contribution in [0.4, 0.5) is 0 Å². The van der Waals surface area contributed by atoms with Crippen LogP contribution in [-0.4, -0.2) is 24.1 Å². The first-order chi connectivity index (χ1) is 28.5. The van der Waals surface area contributed by atoms with E-state index in [2.05, 4.69) is 178 Å². The van der Waals surface area contributed by atoms with Crippen LogP contribution in [0, 0.1) is 5.41 Å². The van der Waals surface area contributed by atoms with Gasteiger partial charge in [0.15, 0.2) is 17.5 Å². The van der Waals surface area contributed by atoms with Crippen LogP contribution in [-0.2, 0) is 10.8 Å². The maximum Gasteiger partial charge on any atom is 0.164 e. The van der Waals surface area contributed by atoms with E-state index in [9.17, 15) is 0 Å². The highest BCUT2D eigenvalue weighted by Crippen LogP contribution is 2.62. The van der Waals surface area contributed by atoms with Crippen LogP contribution < -0.4 is 0 Å². The van der Waals surface area contributed by atoms with Crippen molar-refractivity contribution in [2.45, 2.75) is 52.4 Å². The van der Waals surface area contributed by atoms with E-state index in [0.717, 1.165) is 33.6 Å². The second-order valence-corrected chi connectivity index (χ2v) is 17.8. The molecule has 1 aliphatic carbocycles. The highest BCUT2D eigenvalue weighted by atomic mass is 15.0. The molecule has 0 saturated heterocycles. The molecule has 0 spiro atoms. The molecule has 3 heterocycles. The van der Waals surface area contributed by atoms with Crippen molar-refractivity contribution < 1.29 is 0 Å². The van der Waals surface area contributed by atoms with Gasteiger partial charge in [0.05, 0.1) is 22.1 Å². The van der Waals surface area contributed by atoms with Crippen LogP contribution in [0.15, 0.2) is 164 Å². The van der Waals surface area contributed by atoms with E-state index in [1.54, 1.807) is 0 Å². The summed E-state index contributed by atoms with van der Waals surface area (Å²) < 4.78 is 4.89. The lowest BCUT2D eigenvalue weighted by atomic mass is 9.59. The molecule has 1 aliphatic rings. The Labute approximate surface area is 344 Å². The van der Waals surface area contributed by atoms with Crippen molar-refractivity contribution in [3.8, 4) is 45.5 Å². The molecule has 0 amide bonds. The summed E-state index contributed by atoms with van der Waals surface area (Å²) in [5, 5.41) is 5.00. The Hall–Kier alpha value is -6.85. The summed E-state index contributed by atoms with van der Waals surface area (Å²) in [6, 6.07) is 58.5. The number of aromatic nitrogens is 5. The Morgan fingerprint density at radius 1 is 0.339 bits per heavy atom. The van der Waals surface area contributed by atoms with Gasteiger partial charge in [-0.15, -0.1) is 0 Å². The largest absolute Gasteiger partial charge is 0.309 e. The Bertz CT molecular complexity index is 3220. The first-order valence-corrected chi connectivity index (χ1v) is 20.6. The Morgan fingerprint density at radius 2 is 0.780 bits per heavy atom. The molecule has 10 aromatic rings. The molecule has 7 aromatic carbocycles. The molecule has 0 fully saturated rings. The monoisotopic (exact) mass is 763 g/mol. The third kappa shape index (κ3) is 5.07. The Balaban J connectivity index is 1.22. The van der Waals surface area contributed by atoms with Crippen LogP contribution >= 0.6 is 0 Å². The lowest BCUT2D eigenvalue weighted by molar-refractivity contribution is 0.125. The molecule has 3 aromatic heterocycles. The number of hydrogen-bond donors (Lipinski definition) is 0. The van der Waals surface area contributed by atoms with Gasteiger partial charge in [0.25, 0.3) is 0 Å². The van der Waals surface area contributed by atoms with Gasteiger partial charge < -0.3 is 9.13 Å².